The van der Waals surface area contributed by atoms with E-state index in [4.69, 9.17) is 13.6 Å². The second-order valence-electron chi connectivity index (χ2n) is 4.96. The zero-order chi connectivity index (χ0) is 16.1. The third-order valence-corrected chi connectivity index (χ3v) is 3.43. The van der Waals surface area contributed by atoms with E-state index in [0.29, 0.717) is 12.2 Å². The van der Waals surface area contributed by atoms with Crippen molar-refractivity contribution in [1.29, 1.82) is 0 Å². The number of hydrogen-bond acceptors (Lipinski definition) is 6. The minimum absolute atomic E-state index is 0.0596. The summed E-state index contributed by atoms with van der Waals surface area (Å²) in [6, 6.07) is 13.0. The Hall–Kier alpha value is -2.89. The number of furan rings is 1. The van der Waals surface area contributed by atoms with Gasteiger partial charge in [0.2, 0.25) is 0 Å². The summed E-state index contributed by atoms with van der Waals surface area (Å²) >= 11 is 0. The van der Waals surface area contributed by atoms with Crippen LogP contribution in [-0.2, 0) is 16.1 Å². The van der Waals surface area contributed by atoms with Crippen LogP contribution in [0, 0.1) is 0 Å². The Labute approximate surface area is 133 Å². The predicted octanol–water partition coefficient (Wildman–Crippen LogP) is 3.57. The Morgan fingerprint density at radius 3 is 2.70 bits per heavy atom. The summed E-state index contributed by atoms with van der Waals surface area (Å²) in [5, 5.41) is 7.71. The van der Waals surface area contributed by atoms with Gasteiger partial charge in [-0.1, -0.05) is 37.3 Å². The van der Waals surface area contributed by atoms with Crippen LogP contribution >= 0.6 is 0 Å². The molecule has 2 heterocycles. The van der Waals surface area contributed by atoms with Crippen molar-refractivity contribution >= 4 is 5.97 Å². The average molecular weight is 312 g/mol. The van der Waals surface area contributed by atoms with Crippen LogP contribution in [-0.4, -0.2) is 16.2 Å². The molecule has 0 aliphatic heterocycles. The number of carbonyl (C=O) groups is 1. The number of hydrogen-bond donors (Lipinski definition) is 0. The van der Waals surface area contributed by atoms with Crippen LogP contribution in [0.2, 0.25) is 0 Å². The highest BCUT2D eigenvalue weighted by Crippen LogP contribution is 2.22. The molecule has 23 heavy (non-hydrogen) atoms. The first-order valence-electron chi connectivity index (χ1n) is 7.35. The summed E-state index contributed by atoms with van der Waals surface area (Å²) < 4.78 is 15.9. The Bertz CT molecular complexity index is 750. The average Bonchev–Trinajstić information content (AvgIpc) is 3.26. The molecule has 1 aromatic carbocycles. The molecular formula is C17H16N2O4. The van der Waals surface area contributed by atoms with E-state index in [2.05, 4.69) is 10.2 Å². The zero-order valence-corrected chi connectivity index (χ0v) is 12.6. The lowest BCUT2D eigenvalue weighted by molar-refractivity contribution is -0.147. The normalized spacial score (nSPS) is 12.0. The molecular weight excluding hydrogens is 296 g/mol. The number of carbonyl (C=O) groups excluding carboxylic acids is 1. The molecule has 6 heteroatoms. The Morgan fingerprint density at radius 1 is 1.17 bits per heavy atom. The maximum atomic E-state index is 12.3. The number of aromatic nitrogens is 2. The molecule has 3 rings (SSSR count). The summed E-state index contributed by atoms with van der Waals surface area (Å²) in [5.41, 5.74) is 0.932. The first-order valence-corrected chi connectivity index (χ1v) is 7.35. The van der Waals surface area contributed by atoms with E-state index in [9.17, 15) is 4.79 Å². The molecule has 3 aromatic rings. The minimum atomic E-state index is -0.309. The Balaban J connectivity index is 1.62. The SMILES string of the molecule is CC[C@@H](C(=O)OCc1nnc(-c2ccco2)o1)c1ccccc1. The topological polar surface area (TPSA) is 78.4 Å². The van der Waals surface area contributed by atoms with Crippen LogP contribution < -0.4 is 0 Å². The molecule has 1 atom stereocenters. The lowest BCUT2D eigenvalue weighted by Gasteiger charge is -2.13. The minimum Gasteiger partial charge on any atom is -0.459 e. The van der Waals surface area contributed by atoms with Gasteiger partial charge < -0.3 is 13.6 Å². The molecule has 118 valence electrons. The van der Waals surface area contributed by atoms with Gasteiger partial charge in [0.1, 0.15) is 0 Å². The second kappa shape index (κ2) is 6.91. The highest BCUT2D eigenvalue weighted by atomic mass is 16.5. The van der Waals surface area contributed by atoms with Gasteiger partial charge in [0.15, 0.2) is 12.4 Å². The fourth-order valence-corrected chi connectivity index (χ4v) is 2.27. The summed E-state index contributed by atoms with van der Waals surface area (Å²) in [7, 11) is 0. The molecule has 0 saturated carbocycles. The van der Waals surface area contributed by atoms with Crippen molar-refractivity contribution in [2.45, 2.75) is 25.9 Å². The predicted molar refractivity (Wildman–Crippen MR) is 81.3 cm³/mol. The third kappa shape index (κ3) is 3.48. The Kier molecular flexibility index (Phi) is 4.52. The highest BCUT2D eigenvalue weighted by Gasteiger charge is 2.21. The van der Waals surface area contributed by atoms with Crippen molar-refractivity contribution in [2.24, 2.45) is 0 Å². The van der Waals surface area contributed by atoms with Gasteiger partial charge in [0, 0.05) is 0 Å². The number of ether oxygens (including phenoxy) is 1. The monoisotopic (exact) mass is 312 g/mol. The number of benzene rings is 1. The number of esters is 1. The maximum Gasteiger partial charge on any atom is 0.313 e. The first kappa shape index (κ1) is 15.0. The summed E-state index contributed by atoms with van der Waals surface area (Å²) in [6.07, 6.45) is 2.18. The van der Waals surface area contributed by atoms with Crippen LogP contribution in [0.1, 0.15) is 30.7 Å². The first-order chi connectivity index (χ1) is 11.3. The van der Waals surface area contributed by atoms with E-state index in [-0.39, 0.29) is 30.3 Å². The van der Waals surface area contributed by atoms with Gasteiger partial charge in [-0.3, -0.25) is 4.79 Å². The number of nitrogens with zero attached hydrogens (tertiary/aromatic N) is 2. The van der Waals surface area contributed by atoms with Crippen LogP contribution in [0.4, 0.5) is 0 Å². The molecule has 0 radical (unpaired) electrons. The van der Waals surface area contributed by atoms with Gasteiger partial charge in [0.25, 0.3) is 11.8 Å². The highest BCUT2D eigenvalue weighted by molar-refractivity contribution is 5.78. The van der Waals surface area contributed by atoms with E-state index >= 15 is 0 Å². The molecule has 0 amide bonds. The molecule has 0 spiro atoms. The van der Waals surface area contributed by atoms with Gasteiger partial charge in [-0.25, -0.2) is 0 Å². The molecule has 0 saturated heterocycles. The van der Waals surface area contributed by atoms with Crippen molar-refractivity contribution in [3.8, 4) is 11.7 Å². The van der Waals surface area contributed by atoms with Gasteiger partial charge in [-0.2, -0.15) is 0 Å². The molecule has 0 aliphatic carbocycles. The van der Waals surface area contributed by atoms with Crippen LogP contribution in [0.15, 0.2) is 57.6 Å². The van der Waals surface area contributed by atoms with Gasteiger partial charge in [0.05, 0.1) is 12.2 Å². The second-order valence-corrected chi connectivity index (χ2v) is 4.96. The van der Waals surface area contributed by atoms with Crippen molar-refractivity contribution in [2.75, 3.05) is 0 Å². The van der Waals surface area contributed by atoms with E-state index in [0.717, 1.165) is 5.56 Å². The van der Waals surface area contributed by atoms with E-state index in [1.54, 1.807) is 12.1 Å². The molecule has 2 aromatic heterocycles. The Morgan fingerprint density at radius 2 is 2.00 bits per heavy atom. The maximum absolute atomic E-state index is 12.3. The summed E-state index contributed by atoms with van der Waals surface area (Å²) in [4.78, 5) is 12.3. The van der Waals surface area contributed by atoms with Crippen LogP contribution in [0.3, 0.4) is 0 Å². The van der Waals surface area contributed by atoms with Crippen LogP contribution in [0.25, 0.3) is 11.7 Å². The quantitative estimate of drug-likeness (QED) is 0.647. The fourth-order valence-electron chi connectivity index (χ4n) is 2.27. The van der Waals surface area contributed by atoms with Gasteiger partial charge in [-0.05, 0) is 24.1 Å². The van der Waals surface area contributed by atoms with Gasteiger partial charge in [-0.15, -0.1) is 10.2 Å². The van der Waals surface area contributed by atoms with Crippen molar-refractivity contribution in [1.82, 2.24) is 10.2 Å². The number of rotatable bonds is 6. The molecule has 6 nitrogen and oxygen atoms in total. The lowest BCUT2D eigenvalue weighted by atomic mass is 9.97. The van der Waals surface area contributed by atoms with Gasteiger partial charge >= 0.3 is 5.97 Å². The zero-order valence-electron chi connectivity index (χ0n) is 12.6. The van der Waals surface area contributed by atoms with Crippen molar-refractivity contribution < 1.29 is 18.4 Å². The van der Waals surface area contributed by atoms with Crippen LogP contribution in [0.5, 0.6) is 0 Å². The fraction of sp³-hybridized carbons (Fsp3) is 0.235. The standard InChI is InChI=1S/C17H16N2O4/c1-2-13(12-7-4-3-5-8-12)17(20)22-11-15-18-19-16(23-15)14-9-6-10-21-14/h3-10,13H,2,11H2,1H3/t13-/m1/s1. The summed E-state index contributed by atoms with van der Waals surface area (Å²) in [6.45, 7) is 1.89. The van der Waals surface area contributed by atoms with E-state index in [1.807, 2.05) is 37.3 Å². The van der Waals surface area contributed by atoms with Crippen molar-refractivity contribution in [3.05, 3.63) is 60.2 Å². The molecule has 0 unspecified atom stereocenters. The third-order valence-electron chi connectivity index (χ3n) is 3.43. The molecule has 0 bridgehead atoms. The van der Waals surface area contributed by atoms with E-state index in [1.165, 1.54) is 6.26 Å². The lowest BCUT2D eigenvalue weighted by Crippen LogP contribution is -2.15. The largest absolute Gasteiger partial charge is 0.459 e. The van der Waals surface area contributed by atoms with Crippen molar-refractivity contribution in [3.63, 3.8) is 0 Å². The molecule has 0 N–H and O–H groups in total. The summed E-state index contributed by atoms with van der Waals surface area (Å²) in [5.74, 6) is 0.356. The molecule has 0 aliphatic rings. The smallest absolute Gasteiger partial charge is 0.313 e. The van der Waals surface area contributed by atoms with E-state index < -0.39 is 0 Å². The molecule has 0 fully saturated rings.